The molecule has 0 unspecified atom stereocenters. The van der Waals surface area contributed by atoms with Gasteiger partial charge in [-0.15, -0.1) is 0 Å². The predicted molar refractivity (Wildman–Crippen MR) is 300 cm³/mol. The van der Waals surface area contributed by atoms with Gasteiger partial charge >= 0.3 is 29.3 Å². The third-order valence-electron chi connectivity index (χ3n) is 22.2. The summed E-state index contributed by atoms with van der Waals surface area (Å²) in [7, 11) is 0. The number of ether oxygens (including phenoxy) is 2. The zero-order valence-electron chi connectivity index (χ0n) is 51.3. The summed E-state index contributed by atoms with van der Waals surface area (Å²) in [6, 6.07) is 0. The van der Waals surface area contributed by atoms with Gasteiger partial charge in [0.1, 0.15) is 0 Å². The second kappa shape index (κ2) is 29.5. The van der Waals surface area contributed by atoms with Crippen LogP contribution in [0.2, 0.25) is 0 Å². The standard InChI is InChI=1S/6C10H20.C5O6/c6*1-7-5-9(3)10(4)6-8(7)2;6-1-5(2(7)10-1)3(8)11-4(5)9/h6*7-10H,5-6H2,1-4H3;/t7-,8+,9+,10-;7-,8+,9-,10+;7-,8-,9+,10+;2*7-,8-,9-,10+;7-,8-,9-,10-;/m...101./s1. The van der Waals surface area contributed by atoms with Crippen molar-refractivity contribution in [3.8, 4) is 0 Å². The fourth-order valence-electron chi connectivity index (χ4n) is 13.5. The Balaban J connectivity index is 0.000000284. The fourth-order valence-corrected chi connectivity index (χ4v) is 13.5. The fraction of sp³-hybridized carbons (Fsp3) is 0.938. The van der Waals surface area contributed by atoms with E-state index in [-0.39, 0.29) is 0 Å². The van der Waals surface area contributed by atoms with E-state index in [0.29, 0.717) is 0 Å². The first-order chi connectivity index (χ1) is 32.8. The van der Waals surface area contributed by atoms with Crippen LogP contribution in [-0.2, 0) is 28.7 Å². The number of esters is 4. The number of carbonyl (C=O) groups is 4. The molecule has 0 aromatic rings. The van der Waals surface area contributed by atoms with Gasteiger partial charge in [-0.05, 0) is 219 Å². The van der Waals surface area contributed by atoms with E-state index in [0.717, 1.165) is 142 Å². The smallest absolute Gasteiger partial charge is 0.357 e. The molecule has 6 heteroatoms. The highest BCUT2D eigenvalue weighted by Crippen LogP contribution is 2.43. The Labute approximate surface area is 441 Å². The van der Waals surface area contributed by atoms with Crippen LogP contribution in [0.25, 0.3) is 0 Å². The Hall–Kier alpha value is -1.72. The lowest BCUT2D eigenvalue weighted by Crippen LogP contribution is -2.71. The minimum atomic E-state index is -2.22. The normalized spacial score (nSPS) is 45.5. The van der Waals surface area contributed by atoms with Crippen LogP contribution in [0, 0.1) is 147 Å². The number of hydrogen-bond acceptors (Lipinski definition) is 6. The van der Waals surface area contributed by atoms with Gasteiger partial charge < -0.3 is 9.47 Å². The minimum absolute atomic E-state index is 0.964. The Morgan fingerprint density at radius 2 is 0.268 bits per heavy atom. The Morgan fingerprint density at radius 1 is 0.197 bits per heavy atom. The molecule has 2 heterocycles. The predicted octanol–water partition coefficient (Wildman–Crippen LogP) is 18.1. The monoisotopic (exact) mass is 997 g/mol. The molecule has 0 aromatic heterocycles. The van der Waals surface area contributed by atoms with E-state index in [1.165, 1.54) is 77.0 Å². The molecular weight excluding hydrogens is 877 g/mol. The third-order valence-corrected chi connectivity index (χ3v) is 22.2. The first-order valence-corrected chi connectivity index (χ1v) is 30.3. The summed E-state index contributed by atoms with van der Waals surface area (Å²) in [4.78, 5) is 42.0. The van der Waals surface area contributed by atoms with Crippen molar-refractivity contribution in [1.82, 2.24) is 0 Å². The largest absolute Gasteiger partial charge is 0.390 e. The molecule has 8 rings (SSSR count). The summed E-state index contributed by atoms with van der Waals surface area (Å²) < 4.78 is 7.68. The third kappa shape index (κ3) is 18.8. The Bertz CT molecular complexity index is 1170. The number of rotatable bonds is 0. The van der Waals surface area contributed by atoms with Gasteiger partial charge in [0, 0.05) is 0 Å². The number of cyclic esters (lactones) is 4. The molecular formula is C65H120O6. The lowest BCUT2D eigenvalue weighted by atomic mass is 9.71. The number of carbonyl (C=O) groups excluding carboxylic acids is 4. The van der Waals surface area contributed by atoms with Crippen LogP contribution >= 0.6 is 0 Å². The van der Waals surface area contributed by atoms with Crippen LogP contribution in [0.5, 0.6) is 0 Å². The second-order valence-corrected chi connectivity index (χ2v) is 28.4. The van der Waals surface area contributed by atoms with E-state index >= 15 is 0 Å². The maximum Gasteiger partial charge on any atom is 0.357 e. The molecule has 2 aliphatic heterocycles. The molecule has 0 bridgehead atoms. The van der Waals surface area contributed by atoms with E-state index < -0.39 is 29.3 Å². The van der Waals surface area contributed by atoms with E-state index in [4.69, 9.17) is 0 Å². The van der Waals surface area contributed by atoms with Crippen molar-refractivity contribution in [3.05, 3.63) is 0 Å². The molecule has 6 nitrogen and oxygen atoms in total. The highest BCUT2D eigenvalue weighted by molar-refractivity contribution is 6.46. The van der Waals surface area contributed by atoms with Gasteiger partial charge in [0.05, 0.1) is 0 Å². The van der Waals surface area contributed by atoms with E-state index in [1.54, 1.807) is 0 Å². The summed E-state index contributed by atoms with van der Waals surface area (Å²) in [6.07, 6.45) is 17.4. The molecule has 416 valence electrons. The van der Waals surface area contributed by atoms with Gasteiger partial charge in [-0.25, -0.2) is 19.2 Å². The van der Waals surface area contributed by atoms with Crippen LogP contribution in [0.4, 0.5) is 0 Å². The molecule has 6 aliphatic carbocycles. The minimum Gasteiger partial charge on any atom is -0.390 e. The molecule has 24 atom stereocenters. The summed E-state index contributed by atoms with van der Waals surface area (Å²) in [6.45, 7) is 57.5. The topological polar surface area (TPSA) is 86.7 Å². The van der Waals surface area contributed by atoms with Crippen LogP contribution in [-0.4, -0.2) is 23.9 Å². The van der Waals surface area contributed by atoms with Crippen LogP contribution in [0.3, 0.4) is 0 Å². The SMILES string of the molecule is C[C@@H]1C[C@@H](C)[C@@H](C)C[C@@H]1C.C[C@@H]1C[C@@H](C)[C@@H](C)C[C@H]1C.C[C@@H]1C[C@@H](C)[C@H](C)C[C@H]1C.C[C@@H]1C[C@H](C)[C@@H](C)C[C@@H]1C.C[C@@H]1C[C@H](C)[C@@H](C)C[C@H]1C.C[C@@H]1C[C@H](C)[C@H](C)C[C@@H]1C.O=C1OC(=O)C12C(=O)OC2=O. The highest BCUT2D eigenvalue weighted by Gasteiger charge is 2.80. The molecule has 8 aliphatic rings. The Morgan fingerprint density at radius 3 is 0.310 bits per heavy atom. The zero-order chi connectivity index (χ0) is 54.6. The van der Waals surface area contributed by atoms with Crippen molar-refractivity contribution >= 4 is 23.9 Å². The van der Waals surface area contributed by atoms with Gasteiger partial charge in [0.2, 0.25) is 0 Å². The van der Waals surface area contributed by atoms with E-state index in [1.807, 2.05) is 0 Å². The van der Waals surface area contributed by atoms with Crippen molar-refractivity contribution in [2.45, 2.75) is 243 Å². The molecule has 6 saturated carbocycles. The molecule has 0 radical (unpaired) electrons. The molecule has 2 saturated heterocycles. The van der Waals surface area contributed by atoms with Gasteiger partial charge in [0.25, 0.3) is 0 Å². The van der Waals surface area contributed by atoms with Gasteiger partial charge in [0.15, 0.2) is 0 Å². The van der Waals surface area contributed by atoms with Crippen molar-refractivity contribution in [2.24, 2.45) is 147 Å². The van der Waals surface area contributed by atoms with Crippen LogP contribution in [0.15, 0.2) is 0 Å². The lowest BCUT2D eigenvalue weighted by Gasteiger charge is -2.36. The maximum absolute atomic E-state index is 10.5. The van der Waals surface area contributed by atoms with Crippen LogP contribution < -0.4 is 0 Å². The average molecular weight is 998 g/mol. The van der Waals surface area contributed by atoms with Crippen molar-refractivity contribution in [3.63, 3.8) is 0 Å². The summed E-state index contributed by atoms with van der Waals surface area (Å²) in [5.74, 6) is 18.6. The van der Waals surface area contributed by atoms with Crippen molar-refractivity contribution in [2.75, 3.05) is 0 Å². The first-order valence-electron chi connectivity index (χ1n) is 30.3. The molecule has 0 amide bonds. The number of hydrogen-bond donors (Lipinski definition) is 0. The second-order valence-electron chi connectivity index (χ2n) is 28.4. The van der Waals surface area contributed by atoms with E-state index in [2.05, 4.69) is 176 Å². The Kier molecular flexibility index (Phi) is 27.2. The quantitative estimate of drug-likeness (QED) is 0.177. The van der Waals surface area contributed by atoms with Crippen LogP contribution in [0.1, 0.15) is 243 Å². The summed E-state index contributed by atoms with van der Waals surface area (Å²) in [5, 5.41) is 0. The zero-order valence-corrected chi connectivity index (χ0v) is 51.3. The summed E-state index contributed by atoms with van der Waals surface area (Å²) in [5.41, 5.74) is -2.22. The summed E-state index contributed by atoms with van der Waals surface area (Å²) >= 11 is 0. The van der Waals surface area contributed by atoms with Gasteiger partial charge in [-0.2, -0.15) is 0 Å². The molecule has 0 aromatic carbocycles. The maximum atomic E-state index is 10.5. The van der Waals surface area contributed by atoms with Gasteiger partial charge in [-0.1, -0.05) is 166 Å². The first kappa shape index (κ1) is 65.4. The average Bonchev–Trinajstić information content (AvgIpc) is 3.26. The van der Waals surface area contributed by atoms with Crippen molar-refractivity contribution < 1.29 is 28.7 Å². The van der Waals surface area contributed by atoms with Gasteiger partial charge in [-0.3, -0.25) is 0 Å². The lowest BCUT2D eigenvalue weighted by molar-refractivity contribution is -0.223. The molecule has 0 N–H and O–H groups in total. The molecule has 1 spiro atoms. The molecule has 8 fully saturated rings. The van der Waals surface area contributed by atoms with Crippen molar-refractivity contribution in [1.29, 1.82) is 0 Å². The molecule has 71 heavy (non-hydrogen) atoms. The highest BCUT2D eigenvalue weighted by atomic mass is 16.7. The van der Waals surface area contributed by atoms with E-state index in [9.17, 15) is 19.2 Å².